The van der Waals surface area contributed by atoms with Crippen LogP contribution >= 0.6 is 0 Å². The highest BCUT2D eigenvalue weighted by Gasteiger charge is 2.35. The Morgan fingerprint density at radius 3 is 2.72 bits per heavy atom. The Hall–Kier alpha value is -2.57. The topological polar surface area (TPSA) is 63.9 Å². The van der Waals surface area contributed by atoms with Crippen LogP contribution in [0.15, 0.2) is 53.5 Å². The highest BCUT2D eigenvalue weighted by Crippen LogP contribution is 2.32. The second-order valence-corrected chi connectivity index (χ2v) is 8.93. The van der Waals surface area contributed by atoms with Gasteiger partial charge in [-0.25, -0.2) is 0 Å². The van der Waals surface area contributed by atoms with Gasteiger partial charge in [0, 0.05) is 31.7 Å². The fraction of sp³-hybridized carbons (Fsp3) is 0.500. The fourth-order valence-corrected chi connectivity index (χ4v) is 4.66. The van der Waals surface area contributed by atoms with Crippen molar-refractivity contribution in [2.75, 3.05) is 39.4 Å². The lowest BCUT2D eigenvalue weighted by Gasteiger charge is -2.40. The first-order valence-corrected chi connectivity index (χ1v) is 11.7. The molecule has 2 aliphatic rings. The minimum absolute atomic E-state index is 0.0750. The van der Waals surface area contributed by atoms with E-state index >= 15 is 0 Å². The highest BCUT2D eigenvalue weighted by atomic mass is 16.5. The van der Waals surface area contributed by atoms with Crippen LogP contribution in [0.1, 0.15) is 47.6 Å². The third-order valence-corrected chi connectivity index (χ3v) is 6.53. The molecule has 32 heavy (non-hydrogen) atoms. The van der Waals surface area contributed by atoms with Crippen molar-refractivity contribution in [1.29, 1.82) is 0 Å². The summed E-state index contributed by atoms with van der Waals surface area (Å²) in [5, 5.41) is 3.13. The first-order chi connectivity index (χ1) is 15.7. The van der Waals surface area contributed by atoms with Crippen molar-refractivity contribution in [3.8, 4) is 5.75 Å². The molecule has 0 bridgehead atoms. The van der Waals surface area contributed by atoms with E-state index in [0.29, 0.717) is 18.1 Å². The Morgan fingerprint density at radius 1 is 1.16 bits per heavy atom. The van der Waals surface area contributed by atoms with Gasteiger partial charge < -0.3 is 24.1 Å². The molecule has 0 atom stereocenters. The number of carbonyl (C=O) groups is 1. The molecule has 2 fully saturated rings. The number of ether oxygens (including phenoxy) is 2. The van der Waals surface area contributed by atoms with Gasteiger partial charge in [-0.2, -0.15) is 0 Å². The molecule has 0 saturated carbocycles. The van der Waals surface area contributed by atoms with Crippen molar-refractivity contribution in [1.82, 2.24) is 10.2 Å². The number of amides is 1. The van der Waals surface area contributed by atoms with Crippen LogP contribution in [0.2, 0.25) is 0 Å². The van der Waals surface area contributed by atoms with Crippen LogP contribution in [0.25, 0.3) is 0 Å². The SMILES string of the molecule is C=CCc1ccccc1OCc1ccc(C(=O)NCC2(CN3CCCC3)CCOCC2)o1. The van der Waals surface area contributed by atoms with E-state index in [0.717, 1.165) is 63.4 Å². The smallest absolute Gasteiger partial charge is 0.287 e. The van der Waals surface area contributed by atoms with Crippen LogP contribution in [0, 0.1) is 5.41 Å². The summed E-state index contributed by atoms with van der Waals surface area (Å²) in [4.78, 5) is 15.3. The van der Waals surface area contributed by atoms with Crippen LogP contribution < -0.4 is 10.1 Å². The minimum atomic E-state index is -0.171. The summed E-state index contributed by atoms with van der Waals surface area (Å²) < 4.78 is 17.3. The third-order valence-electron chi connectivity index (χ3n) is 6.53. The molecular formula is C26H34N2O4. The molecule has 1 amide bonds. The summed E-state index contributed by atoms with van der Waals surface area (Å²) in [7, 11) is 0. The number of allylic oxidation sites excluding steroid dienone is 1. The van der Waals surface area contributed by atoms with Gasteiger partial charge in [-0.05, 0) is 69.0 Å². The maximum absolute atomic E-state index is 12.8. The quantitative estimate of drug-likeness (QED) is 0.563. The van der Waals surface area contributed by atoms with Crippen LogP contribution in [-0.2, 0) is 17.8 Å². The Balaban J connectivity index is 1.32. The number of nitrogens with zero attached hydrogens (tertiary/aromatic N) is 1. The minimum Gasteiger partial charge on any atom is -0.485 e. The number of hydrogen-bond donors (Lipinski definition) is 1. The van der Waals surface area contributed by atoms with E-state index in [1.807, 2.05) is 30.3 Å². The van der Waals surface area contributed by atoms with E-state index in [1.165, 1.54) is 12.8 Å². The molecule has 2 aromatic rings. The summed E-state index contributed by atoms with van der Waals surface area (Å²) in [6, 6.07) is 11.4. The van der Waals surface area contributed by atoms with E-state index < -0.39 is 0 Å². The Labute approximate surface area is 190 Å². The first-order valence-electron chi connectivity index (χ1n) is 11.7. The van der Waals surface area contributed by atoms with Gasteiger partial charge in [0.1, 0.15) is 18.1 Å². The molecule has 6 heteroatoms. The number of carbonyl (C=O) groups excluding carboxylic acids is 1. The van der Waals surface area contributed by atoms with E-state index in [2.05, 4.69) is 16.8 Å². The fourth-order valence-electron chi connectivity index (χ4n) is 4.66. The molecule has 1 aromatic heterocycles. The number of para-hydroxylation sites is 1. The second kappa shape index (κ2) is 10.8. The zero-order chi connectivity index (χ0) is 22.2. The average molecular weight is 439 g/mol. The zero-order valence-corrected chi connectivity index (χ0v) is 18.8. The van der Waals surface area contributed by atoms with Gasteiger partial charge in [0.25, 0.3) is 5.91 Å². The van der Waals surface area contributed by atoms with Crippen molar-refractivity contribution in [2.45, 2.75) is 38.7 Å². The lowest BCUT2D eigenvalue weighted by Crippen LogP contribution is -2.48. The van der Waals surface area contributed by atoms with Gasteiger partial charge in [0.2, 0.25) is 0 Å². The van der Waals surface area contributed by atoms with Gasteiger partial charge in [0.15, 0.2) is 5.76 Å². The molecule has 0 unspecified atom stereocenters. The average Bonchev–Trinajstić information content (AvgIpc) is 3.50. The molecule has 2 aliphatic heterocycles. The molecule has 2 saturated heterocycles. The van der Waals surface area contributed by atoms with Crippen molar-refractivity contribution >= 4 is 5.91 Å². The number of furan rings is 1. The molecule has 4 rings (SSSR count). The molecule has 1 N–H and O–H groups in total. The maximum Gasteiger partial charge on any atom is 0.287 e. The van der Waals surface area contributed by atoms with Crippen LogP contribution in [0.5, 0.6) is 5.75 Å². The zero-order valence-electron chi connectivity index (χ0n) is 18.8. The monoisotopic (exact) mass is 438 g/mol. The summed E-state index contributed by atoms with van der Waals surface area (Å²) >= 11 is 0. The lowest BCUT2D eigenvalue weighted by atomic mass is 9.79. The largest absolute Gasteiger partial charge is 0.485 e. The molecule has 172 valence electrons. The Bertz CT molecular complexity index is 895. The number of nitrogens with one attached hydrogen (secondary N) is 1. The summed E-state index contributed by atoms with van der Waals surface area (Å²) in [5.74, 6) is 1.58. The number of hydrogen-bond acceptors (Lipinski definition) is 5. The van der Waals surface area contributed by atoms with Crippen molar-refractivity contribution in [2.24, 2.45) is 5.41 Å². The highest BCUT2D eigenvalue weighted by molar-refractivity contribution is 5.91. The van der Waals surface area contributed by atoms with E-state index in [4.69, 9.17) is 13.9 Å². The van der Waals surface area contributed by atoms with E-state index in [1.54, 1.807) is 12.1 Å². The molecule has 6 nitrogen and oxygen atoms in total. The molecule has 3 heterocycles. The first kappa shape index (κ1) is 22.6. The predicted octanol–water partition coefficient (Wildman–Crippen LogP) is 4.21. The molecule has 0 radical (unpaired) electrons. The van der Waals surface area contributed by atoms with Gasteiger partial charge in [-0.3, -0.25) is 4.79 Å². The Morgan fingerprint density at radius 2 is 1.94 bits per heavy atom. The molecule has 0 aliphatic carbocycles. The summed E-state index contributed by atoms with van der Waals surface area (Å²) in [6.07, 6.45) is 7.09. The van der Waals surface area contributed by atoms with E-state index in [9.17, 15) is 4.79 Å². The van der Waals surface area contributed by atoms with Crippen LogP contribution in [0.3, 0.4) is 0 Å². The van der Waals surface area contributed by atoms with Crippen molar-refractivity contribution in [3.63, 3.8) is 0 Å². The molecular weight excluding hydrogens is 404 g/mol. The standard InChI is InChI=1S/C26H34N2O4/c1-2-7-21-8-3-4-9-23(21)31-18-22-10-11-24(32-22)25(29)27-19-26(12-16-30-17-13-26)20-28-14-5-6-15-28/h2-4,8-11H,1,5-7,12-20H2,(H,27,29). The molecule has 1 aromatic carbocycles. The van der Waals surface area contributed by atoms with Crippen molar-refractivity contribution < 1.29 is 18.7 Å². The van der Waals surface area contributed by atoms with Gasteiger partial charge in [0.05, 0.1) is 0 Å². The van der Waals surface area contributed by atoms with Gasteiger partial charge >= 0.3 is 0 Å². The second-order valence-electron chi connectivity index (χ2n) is 8.93. The van der Waals surface area contributed by atoms with Crippen LogP contribution in [0.4, 0.5) is 0 Å². The summed E-state index contributed by atoms with van der Waals surface area (Å²) in [5.41, 5.74) is 1.15. The van der Waals surface area contributed by atoms with Gasteiger partial charge in [-0.15, -0.1) is 6.58 Å². The number of likely N-dealkylation sites (tertiary alicyclic amines) is 1. The normalized spacial score (nSPS) is 18.4. The van der Waals surface area contributed by atoms with Gasteiger partial charge in [-0.1, -0.05) is 24.3 Å². The van der Waals surface area contributed by atoms with Crippen molar-refractivity contribution in [3.05, 3.63) is 66.1 Å². The number of benzene rings is 1. The summed E-state index contributed by atoms with van der Waals surface area (Å²) in [6.45, 7) is 9.59. The lowest BCUT2D eigenvalue weighted by molar-refractivity contribution is -0.000762. The van der Waals surface area contributed by atoms with Crippen LogP contribution in [-0.4, -0.2) is 50.2 Å². The third kappa shape index (κ3) is 5.81. The number of rotatable bonds is 10. The Kier molecular flexibility index (Phi) is 7.66. The maximum atomic E-state index is 12.8. The predicted molar refractivity (Wildman–Crippen MR) is 124 cm³/mol. The van der Waals surface area contributed by atoms with E-state index in [-0.39, 0.29) is 17.9 Å². The molecule has 0 spiro atoms.